The lowest BCUT2D eigenvalue weighted by Gasteiger charge is -2.18. The number of rotatable bonds is 6. The highest BCUT2D eigenvalue weighted by Gasteiger charge is 2.38. The minimum Gasteiger partial charge on any atom is -0.497 e. The van der Waals surface area contributed by atoms with Crippen LogP contribution < -0.4 is 9.64 Å². The second-order valence-corrected chi connectivity index (χ2v) is 6.43. The lowest BCUT2D eigenvalue weighted by atomic mass is 10.0. The van der Waals surface area contributed by atoms with Gasteiger partial charge in [-0.2, -0.15) is 0 Å². The number of non-ortho nitro benzene ring substituents is 1. The summed E-state index contributed by atoms with van der Waals surface area (Å²) in [6.07, 6.45) is 1.53. The van der Waals surface area contributed by atoms with E-state index in [-0.39, 0.29) is 29.3 Å². The van der Waals surface area contributed by atoms with Crippen LogP contribution in [0.2, 0.25) is 0 Å². The highest BCUT2D eigenvalue weighted by atomic mass is 16.6. The predicted octanol–water partition coefficient (Wildman–Crippen LogP) is 3.87. The number of carbonyl (C=O) groups is 2. The largest absolute Gasteiger partial charge is 0.497 e. The third-order valence-electron chi connectivity index (χ3n) is 4.63. The van der Waals surface area contributed by atoms with Gasteiger partial charge in [-0.3, -0.25) is 19.8 Å². The summed E-state index contributed by atoms with van der Waals surface area (Å²) in [5, 5.41) is 10.9. The number of allylic oxidation sites excluding steroid dienone is 1. The molecule has 1 amide bonds. The summed E-state index contributed by atoms with van der Waals surface area (Å²) in [6, 6.07) is 12.6. The SMILES string of the molecule is CCOC(=O)C1=C(C)N(c2ccc(OC)cc2)C(=O)/C1=C\c1ccc([N+](=O)[O-])cc1. The fraction of sp³-hybridized carbons (Fsp3) is 0.182. The van der Waals surface area contributed by atoms with Crippen LogP contribution in [0.1, 0.15) is 19.4 Å². The number of nitrogens with zero attached hydrogens (tertiary/aromatic N) is 2. The number of ether oxygens (including phenoxy) is 2. The molecule has 0 N–H and O–H groups in total. The quantitative estimate of drug-likeness (QED) is 0.311. The average Bonchev–Trinajstić information content (AvgIpc) is 2.98. The number of anilines is 1. The predicted molar refractivity (Wildman–Crippen MR) is 111 cm³/mol. The number of amides is 1. The standard InChI is InChI=1S/C22H20N2O6/c1-4-30-22(26)20-14(2)23(16-9-11-18(29-3)12-10-16)21(25)19(20)13-15-5-7-17(8-6-15)24(27)28/h5-13H,4H2,1-3H3/b19-13-. The first-order valence-electron chi connectivity index (χ1n) is 9.20. The highest BCUT2D eigenvalue weighted by Crippen LogP contribution is 2.36. The van der Waals surface area contributed by atoms with Gasteiger partial charge in [-0.1, -0.05) is 0 Å². The molecule has 8 heteroatoms. The van der Waals surface area contributed by atoms with Crippen molar-refractivity contribution in [2.24, 2.45) is 0 Å². The van der Waals surface area contributed by atoms with Crippen molar-refractivity contribution in [3.8, 4) is 5.75 Å². The molecule has 154 valence electrons. The molecule has 0 fully saturated rings. The minimum absolute atomic E-state index is 0.0629. The van der Waals surface area contributed by atoms with Gasteiger partial charge in [-0.15, -0.1) is 0 Å². The molecule has 1 aliphatic heterocycles. The molecule has 0 saturated carbocycles. The van der Waals surface area contributed by atoms with Gasteiger partial charge in [-0.05, 0) is 61.9 Å². The van der Waals surface area contributed by atoms with Gasteiger partial charge < -0.3 is 9.47 Å². The first-order chi connectivity index (χ1) is 14.4. The van der Waals surface area contributed by atoms with E-state index >= 15 is 0 Å². The van der Waals surface area contributed by atoms with E-state index in [9.17, 15) is 19.7 Å². The number of carbonyl (C=O) groups excluding carboxylic acids is 2. The average molecular weight is 408 g/mol. The number of hydrogen-bond acceptors (Lipinski definition) is 6. The van der Waals surface area contributed by atoms with E-state index < -0.39 is 10.9 Å². The van der Waals surface area contributed by atoms with Crippen LogP contribution in [0, 0.1) is 10.1 Å². The molecule has 1 heterocycles. The summed E-state index contributed by atoms with van der Waals surface area (Å²) >= 11 is 0. The van der Waals surface area contributed by atoms with Gasteiger partial charge >= 0.3 is 5.97 Å². The number of hydrogen-bond donors (Lipinski definition) is 0. The molecule has 2 aromatic carbocycles. The van der Waals surface area contributed by atoms with Crippen molar-refractivity contribution in [1.82, 2.24) is 0 Å². The Balaban J connectivity index is 2.07. The maximum Gasteiger partial charge on any atom is 0.340 e. The van der Waals surface area contributed by atoms with E-state index in [0.717, 1.165) is 0 Å². The monoisotopic (exact) mass is 408 g/mol. The summed E-state index contributed by atoms with van der Waals surface area (Å²) < 4.78 is 10.3. The van der Waals surface area contributed by atoms with Gasteiger partial charge in [-0.25, -0.2) is 4.79 Å². The van der Waals surface area contributed by atoms with E-state index in [1.54, 1.807) is 45.2 Å². The summed E-state index contributed by atoms with van der Waals surface area (Å²) in [5.74, 6) is -0.356. The fourth-order valence-electron chi connectivity index (χ4n) is 3.18. The smallest absolute Gasteiger partial charge is 0.340 e. The first-order valence-corrected chi connectivity index (χ1v) is 9.20. The van der Waals surface area contributed by atoms with Crippen LogP contribution in [-0.4, -0.2) is 30.5 Å². The van der Waals surface area contributed by atoms with Crippen LogP contribution in [0.15, 0.2) is 65.4 Å². The van der Waals surface area contributed by atoms with Crippen molar-refractivity contribution in [3.05, 3.63) is 81.1 Å². The zero-order chi connectivity index (χ0) is 21.8. The fourth-order valence-corrected chi connectivity index (χ4v) is 3.18. The Labute approximate surface area is 173 Å². The number of benzene rings is 2. The topological polar surface area (TPSA) is 99.0 Å². The number of nitro groups is 1. The van der Waals surface area contributed by atoms with Crippen molar-refractivity contribution in [2.45, 2.75) is 13.8 Å². The molecular weight excluding hydrogens is 388 g/mol. The number of methoxy groups -OCH3 is 1. The second kappa shape index (κ2) is 8.60. The minimum atomic E-state index is -0.604. The highest BCUT2D eigenvalue weighted by molar-refractivity contribution is 6.23. The number of esters is 1. The Morgan fingerprint density at radius 2 is 1.77 bits per heavy atom. The summed E-state index contributed by atoms with van der Waals surface area (Å²) in [5.41, 5.74) is 1.83. The van der Waals surface area contributed by atoms with E-state index in [1.807, 2.05) is 0 Å². The molecule has 0 saturated heterocycles. The van der Waals surface area contributed by atoms with Crippen LogP contribution in [-0.2, 0) is 14.3 Å². The van der Waals surface area contributed by atoms with Gasteiger partial charge in [0.15, 0.2) is 0 Å². The van der Waals surface area contributed by atoms with Gasteiger partial charge in [0.2, 0.25) is 0 Å². The molecule has 0 spiro atoms. The molecule has 0 bridgehead atoms. The van der Waals surface area contributed by atoms with Crippen molar-refractivity contribution in [2.75, 3.05) is 18.6 Å². The van der Waals surface area contributed by atoms with E-state index in [2.05, 4.69) is 0 Å². The van der Waals surface area contributed by atoms with E-state index in [0.29, 0.717) is 22.7 Å². The zero-order valence-electron chi connectivity index (χ0n) is 16.7. The Morgan fingerprint density at radius 3 is 2.30 bits per heavy atom. The Kier molecular flexibility index (Phi) is 5.96. The van der Waals surface area contributed by atoms with Crippen molar-refractivity contribution in [3.63, 3.8) is 0 Å². The molecular formula is C22H20N2O6. The summed E-state index contributed by atoms with van der Waals surface area (Å²) in [4.78, 5) is 37.6. The van der Waals surface area contributed by atoms with Crippen molar-refractivity contribution >= 4 is 29.3 Å². The molecule has 0 radical (unpaired) electrons. The van der Waals surface area contributed by atoms with Crippen LogP contribution in [0.3, 0.4) is 0 Å². The molecule has 0 unspecified atom stereocenters. The molecule has 8 nitrogen and oxygen atoms in total. The summed E-state index contributed by atoms with van der Waals surface area (Å²) in [7, 11) is 1.55. The number of nitro benzene ring substituents is 1. The van der Waals surface area contributed by atoms with E-state index in [1.165, 1.54) is 35.2 Å². The Morgan fingerprint density at radius 1 is 1.13 bits per heavy atom. The van der Waals surface area contributed by atoms with Gasteiger partial charge in [0.25, 0.3) is 11.6 Å². The van der Waals surface area contributed by atoms with Crippen molar-refractivity contribution < 1.29 is 24.0 Å². The lowest BCUT2D eigenvalue weighted by Crippen LogP contribution is -2.24. The molecule has 0 aromatic heterocycles. The normalized spacial score (nSPS) is 15.0. The molecule has 0 atom stereocenters. The molecule has 3 rings (SSSR count). The Bertz CT molecular complexity index is 1050. The third kappa shape index (κ3) is 3.93. The van der Waals surface area contributed by atoms with Gasteiger partial charge in [0.1, 0.15) is 5.75 Å². The maximum absolute atomic E-state index is 13.2. The Hall–Kier alpha value is -3.94. The second-order valence-electron chi connectivity index (χ2n) is 6.43. The van der Waals surface area contributed by atoms with Gasteiger partial charge in [0, 0.05) is 23.5 Å². The zero-order valence-corrected chi connectivity index (χ0v) is 16.7. The third-order valence-corrected chi connectivity index (χ3v) is 4.63. The van der Waals surface area contributed by atoms with Gasteiger partial charge in [0.05, 0.1) is 29.8 Å². The first kappa shape index (κ1) is 20.8. The molecule has 2 aromatic rings. The maximum atomic E-state index is 13.2. The summed E-state index contributed by atoms with van der Waals surface area (Å²) in [6.45, 7) is 3.52. The van der Waals surface area contributed by atoms with Crippen LogP contribution in [0.4, 0.5) is 11.4 Å². The van der Waals surface area contributed by atoms with Crippen LogP contribution in [0.25, 0.3) is 6.08 Å². The van der Waals surface area contributed by atoms with Crippen LogP contribution in [0.5, 0.6) is 5.75 Å². The van der Waals surface area contributed by atoms with Crippen molar-refractivity contribution in [1.29, 1.82) is 0 Å². The molecule has 1 aliphatic rings. The van der Waals surface area contributed by atoms with Crippen LogP contribution >= 0.6 is 0 Å². The molecule has 0 aliphatic carbocycles. The lowest BCUT2D eigenvalue weighted by molar-refractivity contribution is -0.384. The molecule has 30 heavy (non-hydrogen) atoms. The van der Waals surface area contributed by atoms with E-state index in [4.69, 9.17) is 9.47 Å².